The van der Waals surface area contributed by atoms with E-state index in [1.165, 1.54) is 13.2 Å². The number of nitro groups is 1. The van der Waals surface area contributed by atoms with Crippen LogP contribution in [0.1, 0.15) is 42.3 Å². The second-order valence-electron chi connectivity index (χ2n) is 6.73. The molecule has 2 aromatic carbocycles. The number of ether oxygens (including phenoxy) is 2. The summed E-state index contributed by atoms with van der Waals surface area (Å²) in [5, 5.41) is 10.4. The average molecular weight is 355 g/mol. The molecule has 0 radical (unpaired) electrons. The van der Waals surface area contributed by atoms with Gasteiger partial charge in [-0.05, 0) is 40.8 Å². The number of rotatable bonds is 5. The minimum absolute atomic E-state index is 0.00123. The van der Waals surface area contributed by atoms with Gasteiger partial charge < -0.3 is 9.47 Å². The van der Waals surface area contributed by atoms with E-state index in [0.717, 1.165) is 11.8 Å². The fourth-order valence-electron chi connectivity index (χ4n) is 2.28. The Morgan fingerprint density at radius 3 is 2.27 bits per heavy atom. The van der Waals surface area contributed by atoms with E-state index >= 15 is 0 Å². The number of hydrogen-bond donors (Lipinski definition) is 0. The molecule has 0 atom stereocenters. The Hall–Kier alpha value is -3.15. The highest BCUT2D eigenvalue weighted by Crippen LogP contribution is 2.29. The lowest BCUT2D eigenvalue weighted by Crippen LogP contribution is -2.13. The number of hydrogen-bond acceptors (Lipinski definition) is 5. The molecule has 6 nitrogen and oxygen atoms in total. The summed E-state index contributed by atoms with van der Waals surface area (Å²) in [6, 6.07) is 12.0. The molecule has 2 rings (SSSR count). The summed E-state index contributed by atoms with van der Waals surface area (Å²) in [5.74, 6) is 0.0585. The molecule has 0 aromatic heterocycles. The number of nitrogens with zero attached hydrogens (tertiary/aromatic N) is 1. The predicted molar refractivity (Wildman–Crippen MR) is 99.1 cm³/mol. The molecular formula is C20H21NO5. The minimum atomic E-state index is -0.554. The van der Waals surface area contributed by atoms with Gasteiger partial charge in [-0.25, -0.2) is 4.79 Å². The molecule has 6 heteroatoms. The van der Waals surface area contributed by atoms with Gasteiger partial charge in [0.25, 0.3) is 0 Å². The van der Waals surface area contributed by atoms with Gasteiger partial charge in [-0.15, -0.1) is 0 Å². The third-order valence-electron chi connectivity index (χ3n) is 3.77. The maximum absolute atomic E-state index is 12.4. The lowest BCUT2D eigenvalue weighted by molar-refractivity contribution is -0.400. The second kappa shape index (κ2) is 7.82. The van der Waals surface area contributed by atoms with Crippen molar-refractivity contribution in [2.24, 2.45) is 0 Å². The molecule has 0 aliphatic heterocycles. The van der Waals surface area contributed by atoms with E-state index < -0.39 is 10.9 Å². The molecule has 0 unspecified atom stereocenters. The molecule has 136 valence electrons. The number of esters is 1. The molecule has 0 spiro atoms. The zero-order valence-electron chi connectivity index (χ0n) is 15.2. The molecule has 26 heavy (non-hydrogen) atoms. The van der Waals surface area contributed by atoms with Crippen molar-refractivity contribution < 1.29 is 19.2 Å². The molecule has 0 N–H and O–H groups in total. The van der Waals surface area contributed by atoms with E-state index in [-0.39, 0.29) is 11.2 Å². The van der Waals surface area contributed by atoms with E-state index in [1.54, 1.807) is 30.3 Å². The molecule has 0 saturated heterocycles. The zero-order valence-corrected chi connectivity index (χ0v) is 15.2. The first-order chi connectivity index (χ1) is 12.2. The van der Waals surface area contributed by atoms with E-state index in [4.69, 9.17) is 9.47 Å². The van der Waals surface area contributed by atoms with Crippen molar-refractivity contribution in [3.63, 3.8) is 0 Å². The first-order valence-corrected chi connectivity index (χ1v) is 8.03. The lowest BCUT2D eigenvalue weighted by Gasteiger charge is -2.19. The van der Waals surface area contributed by atoms with Gasteiger partial charge in [0.2, 0.25) is 6.20 Å². The van der Waals surface area contributed by atoms with Crippen LogP contribution in [0.3, 0.4) is 0 Å². The molecule has 0 amide bonds. The largest absolute Gasteiger partial charge is 0.493 e. The summed E-state index contributed by atoms with van der Waals surface area (Å²) in [7, 11) is 1.44. The molecule has 2 aromatic rings. The standard InChI is InChI=1S/C20H21NO5/c1-20(2,3)16-8-6-15(7-9-16)19(22)26-17-10-5-14(11-12-21(23)24)13-18(17)25-4/h5-13H,1-4H3/b12-11+. The van der Waals surface area contributed by atoms with Gasteiger partial charge in [0.05, 0.1) is 17.6 Å². The van der Waals surface area contributed by atoms with Crippen molar-refractivity contribution in [1.29, 1.82) is 0 Å². The van der Waals surface area contributed by atoms with Crippen LogP contribution in [0.5, 0.6) is 11.5 Å². The minimum Gasteiger partial charge on any atom is -0.493 e. The van der Waals surface area contributed by atoms with Crippen molar-refractivity contribution >= 4 is 12.0 Å². The molecule has 0 heterocycles. The van der Waals surface area contributed by atoms with Gasteiger partial charge in [0.15, 0.2) is 11.5 Å². The number of carbonyl (C=O) groups is 1. The SMILES string of the molecule is COc1cc(/C=C/[N+](=O)[O-])ccc1OC(=O)c1ccc(C(C)(C)C)cc1. The van der Waals surface area contributed by atoms with Crippen LogP contribution in [0, 0.1) is 10.1 Å². The summed E-state index contributed by atoms with van der Waals surface area (Å²) >= 11 is 0. The van der Waals surface area contributed by atoms with Crippen LogP contribution in [0.25, 0.3) is 6.08 Å². The quantitative estimate of drug-likeness (QED) is 0.342. The molecule has 0 saturated carbocycles. The van der Waals surface area contributed by atoms with Gasteiger partial charge in [0, 0.05) is 6.08 Å². The molecule has 0 aliphatic carbocycles. The van der Waals surface area contributed by atoms with Crippen LogP contribution in [0.4, 0.5) is 0 Å². The lowest BCUT2D eigenvalue weighted by atomic mass is 9.87. The van der Waals surface area contributed by atoms with Crippen LogP contribution in [-0.2, 0) is 5.41 Å². The monoisotopic (exact) mass is 355 g/mol. The normalized spacial score (nSPS) is 11.4. The van der Waals surface area contributed by atoms with E-state index in [1.807, 2.05) is 12.1 Å². The smallest absolute Gasteiger partial charge is 0.343 e. The Labute approximate surface area is 152 Å². The average Bonchev–Trinajstić information content (AvgIpc) is 2.60. The maximum Gasteiger partial charge on any atom is 0.343 e. The summed E-state index contributed by atoms with van der Waals surface area (Å²) < 4.78 is 10.6. The van der Waals surface area contributed by atoms with Crippen molar-refractivity contribution in [3.05, 3.63) is 75.5 Å². The Bertz CT molecular complexity index is 832. The Morgan fingerprint density at radius 1 is 1.08 bits per heavy atom. The van der Waals surface area contributed by atoms with E-state index in [0.29, 0.717) is 16.9 Å². The van der Waals surface area contributed by atoms with Gasteiger partial charge >= 0.3 is 5.97 Å². The van der Waals surface area contributed by atoms with Gasteiger partial charge in [-0.3, -0.25) is 10.1 Å². The fraction of sp³-hybridized carbons (Fsp3) is 0.250. The second-order valence-corrected chi connectivity index (χ2v) is 6.73. The Kier molecular flexibility index (Phi) is 5.77. The van der Waals surface area contributed by atoms with Crippen LogP contribution in [-0.4, -0.2) is 18.0 Å². The summed E-state index contributed by atoms with van der Waals surface area (Å²) in [6.07, 6.45) is 2.16. The summed E-state index contributed by atoms with van der Waals surface area (Å²) in [5.41, 5.74) is 2.11. The van der Waals surface area contributed by atoms with Gasteiger partial charge in [-0.1, -0.05) is 39.0 Å². The van der Waals surface area contributed by atoms with Crippen molar-refractivity contribution in [1.82, 2.24) is 0 Å². The van der Waals surface area contributed by atoms with Crippen molar-refractivity contribution in [2.45, 2.75) is 26.2 Å². The van der Waals surface area contributed by atoms with Gasteiger partial charge in [0.1, 0.15) is 0 Å². The Balaban J connectivity index is 2.19. The molecule has 0 bridgehead atoms. The molecule has 0 fully saturated rings. The third-order valence-corrected chi connectivity index (χ3v) is 3.77. The Morgan fingerprint density at radius 2 is 1.73 bits per heavy atom. The first-order valence-electron chi connectivity index (χ1n) is 8.03. The van der Waals surface area contributed by atoms with Crippen LogP contribution < -0.4 is 9.47 Å². The number of benzene rings is 2. The van der Waals surface area contributed by atoms with E-state index in [2.05, 4.69) is 20.8 Å². The first kappa shape index (κ1) is 19.2. The fourth-order valence-corrected chi connectivity index (χ4v) is 2.28. The summed E-state index contributed by atoms with van der Waals surface area (Å²) in [4.78, 5) is 22.2. The zero-order chi connectivity index (χ0) is 19.3. The topological polar surface area (TPSA) is 78.7 Å². The predicted octanol–water partition coefficient (Wildman–Crippen LogP) is 4.46. The van der Waals surface area contributed by atoms with Crippen molar-refractivity contribution in [2.75, 3.05) is 7.11 Å². The highest BCUT2D eigenvalue weighted by molar-refractivity contribution is 5.91. The van der Waals surface area contributed by atoms with E-state index in [9.17, 15) is 14.9 Å². The number of methoxy groups -OCH3 is 1. The van der Waals surface area contributed by atoms with Crippen LogP contribution in [0.2, 0.25) is 0 Å². The third kappa shape index (κ3) is 4.92. The maximum atomic E-state index is 12.4. The summed E-state index contributed by atoms with van der Waals surface area (Å²) in [6.45, 7) is 6.29. The van der Waals surface area contributed by atoms with Gasteiger partial charge in [-0.2, -0.15) is 0 Å². The van der Waals surface area contributed by atoms with Crippen LogP contribution >= 0.6 is 0 Å². The molecular weight excluding hydrogens is 334 g/mol. The van der Waals surface area contributed by atoms with Crippen molar-refractivity contribution in [3.8, 4) is 11.5 Å². The highest BCUT2D eigenvalue weighted by Gasteiger charge is 2.16. The van der Waals surface area contributed by atoms with Crippen LogP contribution in [0.15, 0.2) is 48.7 Å². The number of carbonyl (C=O) groups excluding carboxylic acids is 1. The molecule has 0 aliphatic rings. The highest BCUT2D eigenvalue weighted by atomic mass is 16.6.